The quantitative estimate of drug-likeness (QED) is 0.775. The number of carbonyl (C=O) groups is 1. The molecule has 2 aromatic rings. The summed E-state index contributed by atoms with van der Waals surface area (Å²) in [6.07, 6.45) is 1.76. The second-order valence-electron chi connectivity index (χ2n) is 5.69. The number of rotatable bonds is 7. The van der Waals surface area contributed by atoms with Gasteiger partial charge >= 0.3 is 0 Å². The number of nitrogens with zero attached hydrogens (tertiary/aromatic N) is 2. The molecule has 24 heavy (non-hydrogen) atoms. The van der Waals surface area contributed by atoms with Gasteiger partial charge in [-0.3, -0.25) is 9.78 Å². The van der Waals surface area contributed by atoms with Gasteiger partial charge in [0.2, 0.25) is 10.0 Å². The summed E-state index contributed by atoms with van der Waals surface area (Å²) in [6.45, 7) is 4.90. The van der Waals surface area contributed by atoms with Crippen molar-refractivity contribution in [3.63, 3.8) is 0 Å². The standard InChI is InChI=1S/C17H23N3O3S/c1-4-20(24(3,22)23)11-7-10-18-17(21)15-12-13(2)19-16-9-6-5-8-14(15)16/h5-6,8-9,12H,4,7,10-11H2,1-3H3,(H,18,21). The maximum Gasteiger partial charge on any atom is 0.252 e. The summed E-state index contributed by atoms with van der Waals surface area (Å²) >= 11 is 0. The molecule has 0 saturated carbocycles. The van der Waals surface area contributed by atoms with Gasteiger partial charge < -0.3 is 5.32 Å². The second-order valence-corrected chi connectivity index (χ2v) is 7.67. The third-order valence-corrected chi connectivity index (χ3v) is 5.16. The number of aryl methyl sites for hydroxylation is 1. The smallest absolute Gasteiger partial charge is 0.252 e. The SMILES string of the molecule is CCN(CCCNC(=O)c1cc(C)nc2ccccc12)S(C)(=O)=O. The summed E-state index contributed by atoms with van der Waals surface area (Å²) in [5.74, 6) is -0.167. The molecule has 6 nitrogen and oxygen atoms in total. The minimum Gasteiger partial charge on any atom is -0.352 e. The van der Waals surface area contributed by atoms with Crippen LogP contribution in [0.25, 0.3) is 10.9 Å². The molecule has 1 amide bonds. The minimum atomic E-state index is -3.19. The largest absolute Gasteiger partial charge is 0.352 e. The van der Waals surface area contributed by atoms with Gasteiger partial charge in [-0.25, -0.2) is 12.7 Å². The number of nitrogens with one attached hydrogen (secondary N) is 1. The average Bonchev–Trinajstić information content (AvgIpc) is 2.52. The molecule has 1 heterocycles. The lowest BCUT2D eigenvalue weighted by molar-refractivity contribution is 0.0954. The molecule has 0 aliphatic heterocycles. The number of aromatic nitrogens is 1. The summed E-state index contributed by atoms with van der Waals surface area (Å²) in [4.78, 5) is 16.9. The van der Waals surface area contributed by atoms with Gasteiger partial charge in [0, 0.05) is 30.7 Å². The maximum absolute atomic E-state index is 12.5. The number of sulfonamides is 1. The summed E-state index contributed by atoms with van der Waals surface area (Å²) in [5, 5.41) is 3.67. The zero-order chi connectivity index (χ0) is 17.7. The van der Waals surface area contributed by atoms with Gasteiger partial charge in [-0.2, -0.15) is 0 Å². The molecule has 1 aromatic carbocycles. The van der Waals surface area contributed by atoms with Crippen LogP contribution in [0, 0.1) is 6.92 Å². The molecule has 0 aliphatic rings. The maximum atomic E-state index is 12.5. The Bertz CT molecular complexity index is 834. The van der Waals surface area contributed by atoms with Crippen molar-refractivity contribution in [3.8, 4) is 0 Å². The van der Waals surface area contributed by atoms with E-state index < -0.39 is 10.0 Å². The molecule has 1 aromatic heterocycles. The van der Waals surface area contributed by atoms with Crippen LogP contribution in [0.15, 0.2) is 30.3 Å². The topological polar surface area (TPSA) is 79.4 Å². The van der Waals surface area contributed by atoms with E-state index in [2.05, 4.69) is 10.3 Å². The first-order valence-electron chi connectivity index (χ1n) is 7.92. The summed E-state index contributed by atoms with van der Waals surface area (Å²) in [7, 11) is -3.19. The number of hydrogen-bond donors (Lipinski definition) is 1. The van der Waals surface area contributed by atoms with Crippen LogP contribution < -0.4 is 5.32 Å². The summed E-state index contributed by atoms with van der Waals surface area (Å²) in [5.41, 5.74) is 2.17. The van der Waals surface area contributed by atoms with Crippen LogP contribution in [0.1, 0.15) is 29.4 Å². The zero-order valence-corrected chi connectivity index (χ0v) is 15.1. The third kappa shape index (κ3) is 4.52. The lowest BCUT2D eigenvalue weighted by Gasteiger charge is -2.17. The minimum absolute atomic E-state index is 0.167. The molecule has 0 fully saturated rings. The first-order chi connectivity index (χ1) is 11.3. The zero-order valence-electron chi connectivity index (χ0n) is 14.2. The highest BCUT2D eigenvalue weighted by molar-refractivity contribution is 7.88. The van der Waals surface area contributed by atoms with Crippen molar-refractivity contribution in [1.82, 2.24) is 14.6 Å². The van der Waals surface area contributed by atoms with Gasteiger partial charge in [-0.1, -0.05) is 25.1 Å². The molecule has 7 heteroatoms. The van der Waals surface area contributed by atoms with Crippen molar-refractivity contribution in [3.05, 3.63) is 41.6 Å². The molecule has 0 saturated heterocycles. The van der Waals surface area contributed by atoms with Crippen molar-refractivity contribution in [2.75, 3.05) is 25.9 Å². The summed E-state index contributed by atoms with van der Waals surface area (Å²) in [6, 6.07) is 9.29. The number of pyridine rings is 1. The van der Waals surface area contributed by atoms with Crippen LogP contribution >= 0.6 is 0 Å². The number of fused-ring (bicyclic) bond motifs is 1. The Morgan fingerprint density at radius 3 is 2.67 bits per heavy atom. The molecule has 2 rings (SSSR count). The van der Waals surface area contributed by atoms with Crippen molar-refractivity contribution in [2.45, 2.75) is 20.3 Å². The molecule has 0 radical (unpaired) electrons. The molecule has 0 atom stereocenters. The van der Waals surface area contributed by atoms with E-state index >= 15 is 0 Å². The third-order valence-electron chi connectivity index (χ3n) is 3.78. The van der Waals surface area contributed by atoms with E-state index in [0.29, 0.717) is 31.6 Å². The van der Waals surface area contributed by atoms with Crippen molar-refractivity contribution >= 4 is 26.8 Å². The van der Waals surface area contributed by atoms with Crippen LogP contribution in [-0.2, 0) is 10.0 Å². The van der Waals surface area contributed by atoms with Gasteiger partial charge in [-0.15, -0.1) is 0 Å². The van der Waals surface area contributed by atoms with E-state index in [1.54, 1.807) is 13.0 Å². The van der Waals surface area contributed by atoms with Gasteiger partial charge in [-0.05, 0) is 25.5 Å². The number of benzene rings is 1. The molecule has 0 aliphatic carbocycles. The normalized spacial score (nSPS) is 11.8. The molecular weight excluding hydrogens is 326 g/mol. The average molecular weight is 349 g/mol. The Morgan fingerprint density at radius 2 is 2.00 bits per heavy atom. The number of carbonyl (C=O) groups excluding carboxylic acids is 1. The van der Waals surface area contributed by atoms with Crippen LogP contribution in [0.2, 0.25) is 0 Å². The highest BCUT2D eigenvalue weighted by Crippen LogP contribution is 2.18. The second kappa shape index (κ2) is 7.72. The highest BCUT2D eigenvalue weighted by atomic mass is 32.2. The molecular formula is C17H23N3O3S. The Kier molecular flexibility index (Phi) is 5.90. The van der Waals surface area contributed by atoms with Crippen LogP contribution in [0.4, 0.5) is 0 Å². The fourth-order valence-electron chi connectivity index (χ4n) is 2.61. The first kappa shape index (κ1) is 18.4. The summed E-state index contributed by atoms with van der Waals surface area (Å²) < 4.78 is 24.4. The first-order valence-corrected chi connectivity index (χ1v) is 9.77. The number of hydrogen-bond acceptors (Lipinski definition) is 4. The van der Waals surface area contributed by atoms with Crippen LogP contribution in [-0.4, -0.2) is 49.5 Å². The van der Waals surface area contributed by atoms with Crippen molar-refractivity contribution in [1.29, 1.82) is 0 Å². The Balaban J connectivity index is 2.01. The van der Waals surface area contributed by atoms with Gasteiger partial charge in [0.05, 0.1) is 17.3 Å². The predicted molar refractivity (Wildman–Crippen MR) is 95.5 cm³/mol. The molecule has 0 unspecified atom stereocenters. The van der Waals surface area contributed by atoms with E-state index in [0.717, 1.165) is 16.6 Å². The predicted octanol–water partition coefficient (Wildman–Crippen LogP) is 1.94. The Hall–Kier alpha value is -1.99. The number of para-hydroxylation sites is 1. The van der Waals surface area contributed by atoms with Crippen LogP contribution in [0.5, 0.6) is 0 Å². The van der Waals surface area contributed by atoms with Gasteiger partial charge in [0.25, 0.3) is 5.91 Å². The van der Waals surface area contributed by atoms with E-state index in [4.69, 9.17) is 0 Å². The van der Waals surface area contributed by atoms with E-state index in [9.17, 15) is 13.2 Å². The molecule has 0 bridgehead atoms. The lowest BCUT2D eigenvalue weighted by Crippen LogP contribution is -2.33. The fraction of sp³-hybridized carbons (Fsp3) is 0.412. The van der Waals surface area contributed by atoms with E-state index in [1.165, 1.54) is 10.6 Å². The van der Waals surface area contributed by atoms with E-state index in [-0.39, 0.29) is 5.91 Å². The number of amides is 1. The van der Waals surface area contributed by atoms with Gasteiger partial charge in [0.15, 0.2) is 0 Å². The van der Waals surface area contributed by atoms with Crippen LogP contribution in [0.3, 0.4) is 0 Å². The Labute approximate surface area is 142 Å². The lowest BCUT2D eigenvalue weighted by atomic mass is 10.1. The van der Waals surface area contributed by atoms with E-state index in [1.807, 2.05) is 31.2 Å². The monoisotopic (exact) mass is 349 g/mol. The van der Waals surface area contributed by atoms with Gasteiger partial charge in [0.1, 0.15) is 0 Å². The molecule has 1 N–H and O–H groups in total. The highest BCUT2D eigenvalue weighted by Gasteiger charge is 2.14. The van der Waals surface area contributed by atoms with Crippen molar-refractivity contribution < 1.29 is 13.2 Å². The fourth-order valence-corrected chi connectivity index (χ4v) is 3.54. The molecule has 0 spiro atoms. The Morgan fingerprint density at radius 1 is 1.29 bits per heavy atom. The molecule has 130 valence electrons. The van der Waals surface area contributed by atoms with Crippen molar-refractivity contribution in [2.24, 2.45) is 0 Å².